The van der Waals surface area contributed by atoms with Crippen LogP contribution in [0.25, 0.3) is 0 Å². The minimum Gasteiger partial charge on any atom is -0.389 e. The summed E-state index contributed by atoms with van der Waals surface area (Å²) >= 11 is 0. The third-order valence-corrected chi connectivity index (χ3v) is 4.21. The number of anilines is 1. The normalized spacial score (nSPS) is 23.8. The average Bonchev–Trinajstić information content (AvgIpc) is 2.47. The first-order chi connectivity index (χ1) is 10.0. The van der Waals surface area contributed by atoms with Crippen LogP contribution in [0.3, 0.4) is 0 Å². The summed E-state index contributed by atoms with van der Waals surface area (Å²) in [5.41, 5.74) is 1.69. The predicted octanol–water partition coefficient (Wildman–Crippen LogP) is 3.50. The van der Waals surface area contributed by atoms with Crippen LogP contribution in [0, 0.1) is 18.7 Å². The molecule has 1 aromatic carbocycles. The van der Waals surface area contributed by atoms with Gasteiger partial charge in [-0.15, -0.1) is 0 Å². The smallest absolute Gasteiger partial charge is 0.125 e. The minimum atomic E-state index is -0.577. The highest BCUT2D eigenvalue weighted by Crippen LogP contribution is 2.25. The molecule has 3 nitrogen and oxygen atoms in total. The molecule has 0 heterocycles. The second-order valence-electron chi connectivity index (χ2n) is 6.21. The Morgan fingerprint density at radius 3 is 2.76 bits per heavy atom. The monoisotopic (exact) mass is 295 g/mol. The van der Waals surface area contributed by atoms with E-state index >= 15 is 0 Å². The van der Waals surface area contributed by atoms with Gasteiger partial charge in [-0.2, -0.15) is 0 Å². The zero-order valence-electron chi connectivity index (χ0n) is 12.9. The number of rotatable bonds is 6. The first-order valence-electron chi connectivity index (χ1n) is 7.84. The molecule has 0 aliphatic heterocycles. The summed E-state index contributed by atoms with van der Waals surface area (Å²) in [4.78, 5) is 0. The third-order valence-electron chi connectivity index (χ3n) is 4.21. The van der Waals surface area contributed by atoms with E-state index in [2.05, 4.69) is 12.2 Å². The minimum absolute atomic E-state index is 0.273. The fourth-order valence-electron chi connectivity index (χ4n) is 2.71. The largest absolute Gasteiger partial charge is 0.389 e. The van der Waals surface area contributed by atoms with Gasteiger partial charge in [0, 0.05) is 12.2 Å². The first-order valence-corrected chi connectivity index (χ1v) is 7.84. The summed E-state index contributed by atoms with van der Waals surface area (Å²) in [6.07, 6.45) is 4.30. The second kappa shape index (κ2) is 7.76. The summed E-state index contributed by atoms with van der Waals surface area (Å²) < 4.78 is 18.9. The molecular formula is C17H26FNO2. The van der Waals surface area contributed by atoms with Gasteiger partial charge in [0.25, 0.3) is 0 Å². The Morgan fingerprint density at radius 1 is 1.33 bits per heavy atom. The van der Waals surface area contributed by atoms with Gasteiger partial charge in [0.2, 0.25) is 0 Å². The number of hydrogen-bond acceptors (Lipinski definition) is 3. The molecule has 1 aliphatic rings. The molecule has 2 N–H and O–H groups in total. The number of aryl methyl sites for hydroxylation is 1. The molecule has 1 unspecified atom stereocenters. The standard InChI is InChI=1S/C17H26FNO2/c1-12-3-7-16(8-4-12)21-11-15(20)10-19-17-9-14(18)6-5-13(17)2/h5-6,9,12,15-16,19-20H,3-4,7-8,10-11H2,1-2H3. The number of nitrogens with one attached hydrogen (secondary N) is 1. The molecule has 0 saturated heterocycles. The van der Waals surface area contributed by atoms with Crippen molar-refractivity contribution >= 4 is 5.69 Å². The Balaban J connectivity index is 1.70. The number of benzene rings is 1. The highest BCUT2D eigenvalue weighted by atomic mass is 19.1. The Morgan fingerprint density at radius 2 is 2.05 bits per heavy atom. The molecule has 118 valence electrons. The van der Waals surface area contributed by atoms with Crippen molar-refractivity contribution in [2.24, 2.45) is 5.92 Å². The molecule has 1 fully saturated rings. The van der Waals surface area contributed by atoms with Crippen LogP contribution < -0.4 is 5.32 Å². The molecule has 0 radical (unpaired) electrons. The summed E-state index contributed by atoms with van der Waals surface area (Å²) in [7, 11) is 0. The van der Waals surface area contributed by atoms with Crippen molar-refractivity contribution in [2.75, 3.05) is 18.5 Å². The van der Waals surface area contributed by atoms with Gasteiger partial charge in [-0.1, -0.05) is 13.0 Å². The van der Waals surface area contributed by atoms with E-state index in [1.807, 2.05) is 6.92 Å². The van der Waals surface area contributed by atoms with Crippen molar-refractivity contribution in [1.82, 2.24) is 0 Å². The molecule has 0 aromatic heterocycles. The number of halogens is 1. The zero-order chi connectivity index (χ0) is 15.2. The molecule has 0 amide bonds. The maximum atomic E-state index is 13.2. The molecule has 1 aliphatic carbocycles. The topological polar surface area (TPSA) is 41.5 Å². The Labute approximate surface area is 126 Å². The van der Waals surface area contributed by atoms with Gasteiger partial charge in [-0.05, 0) is 56.2 Å². The lowest BCUT2D eigenvalue weighted by Crippen LogP contribution is -2.29. The Bertz CT molecular complexity index is 444. The lowest BCUT2D eigenvalue weighted by molar-refractivity contribution is -0.0245. The lowest BCUT2D eigenvalue weighted by atomic mass is 9.89. The third kappa shape index (κ3) is 5.29. The van der Waals surface area contributed by atoms with Gasteiger partial charge in [0.1, 0.15) is 5.82 Å². The van der Waals surface area contributed by atoms with Crippen molar-refractivity contribution in [1.29, 1.82) is 0 Å². The molecule has 2 rings (SSSR count). The van der Waals surface area contributed by atoms with Crippen LogP contribution in [0.15, 0.2) is 18.2 Å². The number of hydrogen-bond donors (Lipinski definition) is 2. The van der Waals surface area contributed by atoms with Crippen LogP contribution in [-0.2, 0) is 4.74 Å². The predicted molar refractivity (Wildman–Crippen MR) is 83.0 cm³/mol. The number of ether oxygens (including phenoxy) is 1. The quantitative estimate of drug-likeness (QED) is 0.844. The fraction of sp³-hybridized carbons (Fsp3) is 0.647. The molecule has 4 heteroatoms. The van der Waals surface area contributed by atoms with Gasteiger partial charge < -0.3 is 15.2 Å². The number of aliphatic hydroxyl groups excluding tert-OH is 1. The Kier molecular flexibility index (Phi) is 6.00. The van der Waals surface area contributed by atoms with Crippen molar-refractivity contribution < 1.29 is 14.2 Å². The van der Waals surface area contributed by atoms with Crippen LogP contribution >= 0.6 is 0 Å². The van der Waals surface area contributed by atoms with Crippen LogP contribution in [0.2, 0.25) is 0 Å². The lowest BCUT2D eigenvalue weighted by Gasteiger charge is -2.27. The van der Waals surface area contributed by atoms with Crippen LogP contribution in [0.4, 0.5) is 10.1 Å². The van der Waals surface area contributed by atoms with Gasteiger partial charge in [-0.3, -0.25) is 0 Å². The number of aliphatic hydroxyl groups is 1. The van der Waals surface area contributed by atoms with Crippen molar-refractivity contribution in [3.8, 4) is 0 Å². The molecule has 1 atom stereocenters. The van der Waals surface area contributed by atoms with Gasteiger partial charge in [0.15, 0.2) is 0 Å². The summed E-state index contributed by atoms with van der Waals surface area (Å²) in [5, 5.41) is 13.1. The van der Waals surface area contributed by atoms with Gasteiger partial charge >= 0.3 is 0 Å². The van der Waals surface area contributed by atoms with E-state index in [1.54, 1.807) is 6.07 Å². The summed E-state index contributed by atoms with van der Waals surface area (Å²) in [5.74, 6) is 0.526. The van der Waals surface area contributed by atoms with E-state index in [4.69, 9.17) is 4.74 Å². The SMILES string of the molecule is Cc1ccc(F)cc1NCC(O)COC1CCC(C)CC1. The highest BCUT2D eigenvalue weighted by Gasteiger charge is 2.19. The average molecular weight is 295 g/mol. The molecule has 1 saturated carbocycles. The zero-order valence-corrected chi connectivity index (χ0v) is 12.9. The van der Waals surface area contributed by atoms with Gasteiger partial charge in [0.05, 0.1) is 18.8 Å². The van der Waals surface area contributed by atoms with E-state index < -0.39 is 6.10 Å². The second-order valence-corrected chi connectivity index (χ2v) is 6.21. The Hall–Kier alpha value is -1.13. The maximum absolute atomic E-state index is 13.2. The first kappa shape index (κ1) is 16.2. The summed E-state index contributed by atoms with van der Waals surface area (Å²) in [6, 6.07) is 4.61. The maximum Gasteiger partial charge on any atom is 0.125 e. The van der Waals surface area contributed by atoms with E-state index in [1.165, 1.54) is 25.0 Å². The summed E-state index contributed by atoms with van der Waals surface area (Å²) in [6.45, 7) is 4.89. The highest BCUT2D eigenvalue weighted by molar-refractivity contribution is 5.50. The molecule has 21 heavy (non-hydrogen) atoms. The van der Waals surface area contributed by atoms with Crippen LogP contribution in [0.5, 0.6) is 0 Å². The molecule has 0 spiro atoms. The van der Waals surface area contributed by atoms with Crippen molar-refractivity contribution in [3.63, 3.8) is 0 Å². The molecular weight excluding hydrogens is 269 g/mol. The van der Waals surface area contributed by atoms with E-state index in [-0.39, 0.29) is 11.9 Å². The fourth-order valence-corrected chi connectivity index (χ4v) is 2.71. The van der Waals surface area contributed by atoms with E-state index in [0.717, 1.165) is 30.0 Å². The van der Waals surface area contributed by atoms with E-state index in [0.29, 0.717) is 13.2 Å². The van der Waals surface area contributed by atoms with Crippen molar-refractivity contribution in [2.45, 2.75) is 51.7 Å². The molecule has 0 bridgehead atoms. The van der Waals surface area contributed by atoms with Crippen LogP contribution in [-0.4, -0.2) is 30.5 Å². The van der Waals surface area contributed by atoms with E-state index in [9.17, 15) is 9.50 Å². The van der Waals surface area contributed by atoms with Crippen molar-refractivity contribution in [3.05, 3.63) is 29.6 Å². The van der Waals surface area contributed by atoms with Crippen LogP contribution in [0.1, 0.15) is 38.2 Å². The molecule has 1 aromatic rings. The van der Waals surface area contributed by atoms with Gasteiger partial charge in [-0.25, -0.2) is 4.39 Å².